The maximum absolute atomic E-state index is 12.7. The highest BCUT2D eigenvalue weighted by molar-refractivity contribution is 5.79. The van der Waals surface area contributed by atoms with E-state index in [9.17, 15) is 4.79 Å². The van der Waals surface area contributed by atoms with E-state index in [0.29, 0.717) is 17.7 Å². The van der Waals surface area contributed by atoms with Gasteiger partial charge in [-0.15, -0.1) is 0 Å². The van der Waals surface area contributed by atoms with E-state index in [1.165, 1.54) is 5.56 Å². The van der Waals surface area contributed by atoms with Gasteiger partial charge >= 0.3 is 0 Å². The number of hydrogen-bond acceptors (Lipinski definition) is 2. The molecule has 120 valence electrons. The van der Waals surface area contributed by atoms with Crippen molar-refractivity contribution in [1.82, 2.24) is 10.2 Å². The highest BCUT2D eigenvalue weighted by Crippen LogP contribution is 2.36. The summed E-state index contributed by atoms with van der Waals surface area (Å²) in [4.78, 5) is 14.8. The van der Waals surface area contributed by atoms with Crippen molar-refractivity contribution >= 4 is 5.91 Å². The van der Waals surface area contributed by atoms with E-state index < -0.39 is 0 Å². The second kappa shape index (κ2) is 7.28. The number of nitrogens with one attached hydrogen (secondary N) is 1. The molecule has 0 aromatic heterocycles. The highest BCUT2D eigenvalue weighted by Gasteiger charge is 2.33. The van der Waals surface area contributed by atoms with Gasteiger partial charge in [0.2, 0.25) is 5.91 Å². The molecule has 0 radical (unpaired) electrons. The van der Waals surface area contributed by atoms with Gasteiger partial charge in [-0.25, -0.2) is 0 Å². The van der Waals surface area contributed by atoms with Gasteiger partial charge in [-0.1, -0.05) is 30.3 Å². The Morgan fingerprint density at radius 2 is 1.86 bits per heavy atom. The van der Waals surface area contributed by atoms with Gasteiger partial charge in [-0.05, 0) is 63.1 Å². The molecule has 1 aromatic carbocycles. The molecule has 0 spiro atoms. The van der Waals surface area contributed by atoms with E-state index in [1.54, 1.807) is 0 Å². The molecule has 2 aliphatic rings. The lowest BCUT2D eigenvalue weighted by atomic mass is 9.78. The molecular weight excluding hydrogens is 272 g/mol. The number of amides is 1. The van der Waals surface area contributed by atoms with Crippen LogP contribution in [0.4, 0.5) is 0 Å². The Kier molecular flexibility index (Phi) is 5.14. The first kappa shape index (κ1) is 15.5. The van der Waals surface area contributed by atoms with E-state index >= 15 is 0 Å². The summed E-state index contributed by atoms with van der Waals surface area (Å²) < 4.78 is 0. The lowest BCUT2D eigenvalue weighted by molar-refractivity contribution is -0.135. The third kappa shape index (κ3) is 3.52. The quantitative estimate of drug-likeness (QED) is 0.927. The van der Waals surface area contributed by atoms with Gasteiger partial charge in [0.15, 0.2) is 0 Å². The second-order valence-electron chi connectivity index (χ2n) is 6.96. The summed E-state index contributed by atoms with van der Waals surface area (Å²) >= 11 is 0. The molecule has 1 amide bonds. The molecule has 1 aliphatic carbocycles. The summed E-state index contributed by atoms with van der Waals surface area (Å²) in [5.41, 5.74) is 1.45. The Morgan fingerprint density at radius 3 is 2.55 bits per heavy atom. The third-order valence-corrected chi connectivity index (χ3v) is 5.44. The van der Waals surface area contributed by atoms with Crippen LogP contribution in [0, 0.1) is 11.8 Å². The van der Waals surface area contributed by atoms with Crippen LogP contribution in [0.15, 0.2) is 30.3 Å². The molecule has 3 rings (SSSR count). The average Bonchev–Trinajstić information content (AvgIpc) is 3.04. The van der Waals surface area contributed by atoms with E-state index in [0.717, 1.165) is 51.7 Å². The van der Waals surface area contributed by atoms with Crippen molar-refractivity contribution in [2.45, 2.75) is 38.0 Å². The van der Waals surface area contributed by atoms with Crippen molar-refractivity contribution in [3.8, 4) is 0 Å². The van der Waals surface area contributed by atoms with E-state index in [4.69, 9.17) is 0 Å². The fourth-order valence-corrected chi connectivity index (χ4v) is 4.15. The number of hydrogen-bond donors (Lipinski definition) is 1. The first-order valence-electron chi connectivity index (χ1n) is 8.76. The summed E-state index contributed by atoms with van der Waals surface area (Å²) in [5.74, 6) is 1.99. The summed E-state index contributed by atoms with van der Waals surface area (Å²) in [7, 11) is 2.00. The zero-order valence-electron chi connectivity index (χ0n) is 13.6. The smallest absolute Gasteiger partial charge is 0.225 e. The van der Waals surface area contributed by atoms with Crippen LogP contribution in [-0.2, 0) is 4.79 Å². The topological polar surface area (TPSA) is 32.3 Å². The minimum atomic E-state index is 0.272. The van der Waals surface area contributed by atoms with Gasteiger partial charge in [0, 0.05) is 19.0 Å². The van der Waals surface area contributed by atoms with E-state index in [2.05, 4.69) is 40.5 Å². The van der Waals surface area contributed by atoms with Crippen molar-refractivity contribution in [3.63, 3.8) is 0 Å². The minimum Gasteiger partial charge on any atom is -0.342 e. The van der Waals surface area contributed by atoms with Crippen LogP contribution in [0.3, 0.4) is 0 Å². The Morgan fingerprint density at radius 1 is 1.14 bits per heavy atom. The fourth-order valence-electron chi connectivity index (χ4n) is 4.15. The number of carbonyl (C=O) groups excluding carboxylic acids is 1. The lowest BCUT2D eigenvalue weighted by Crippen LogP contribution is -2.36. The van der Waals surface area contributed by atoms with Crippen molar-refractivity contribution < 1.29 is 4.79 Å². The van der Waals surface area contributed by atoms with Crippen molar-refractivity contribution in [1.29, 1.82) is 0 Å². The standard InChI is InChI=1S/C19H28N2O/c1-20-13-15-11-12-21(14-15)19(22)18-9-7-17(8-10-18)16-5-3-2-4-6-16/h2-6,15,17-18,20H,7-14H2,1H3. The van der Waals surface area contributed by atoms with Crippen LogP contribution in [0.25, 0.3) is 0 Å². The highest BCUT2D eigenvalue weighted by atomic mass is 16.2. The molecule has 0 bridgehead atoms. The minimum absolute atomic E-state index is 0.272. The Labute approximate surface area is 134 Å². The predicted molar refractivity (Wildman–Crippen MR) is 89.8 cm³/mol. The van der Waals surface area contributed by atoms with Gasteiger partial charge in [-0.2, -0.15) is 0 Å². The molecule has 2 fully saturated rings. The number of nitrogens with zero attached hydrogens (tertiary/aromatic N) is 1. The van der Waals surface area contributed by atoms with Gasteiger partial charge < -0.3 is 10.2 Å². The fraction of sp³-hybridized carbons (Fsp3) is 0.632. The average molecular weight is 300 g/mol. The van der Waals surface area contributed by atoms with Crippen LogP contribution in [0.2, 0.25) is 0 Å². The first-order valence-corrected chi connectivity index (χ1v) is 8.76. The van der Waals surface area contributed by atoms with Crippen LogP contribution in [0.1, 0.15) is 43.6 Å². The van der Waals surface area contributed by atoms with Crippen molar-refractivity contribution in [3.05, 3.63) is 35.9 Å². The van der Waals surface area contributed by atoms with Gasteiger partial charge in [0.05, 0.1) is 0 Å². The largest absolute Gasteiger partial charge is 0.342 e. The zero-order chi connectivity index (χ0) is 15.4. The molecule has 1 aliphatic heterocycles. The van der Waals surface area contributed by atoms with Gasteiger partial charge in [0.25, 0.3) is 0 Å². The first-order chi connectivity index (χ1) is 10.8. The number of benzene rings is 1. The van der Waals surface area contributed by atoms with Crippen molar-refractivity contribution in [2.75, 3.05) is 26.7 Å². The number of likely N-dealkylation sites (tertiary alicyclic amines) is 1. The summed E-state index contributed by atoms with van der Waals surface area (Å²) in [6, 6.07) is 10.8. The monoisotopic (exact) mass is 300 g/mol. The van der Waals surface area contributed by atoms with Crippen LogP contribution in [-0.4, -0.2) is 37.5 Å². The summed E-state index contributed by atoms with van der Waals surface area (Å²) in [6.07, 6.45) is 5.60. The molecule has 1 heterocycles. The summed E-state index contributed by atoms with van der Waals surface area (Å²) in [5, 5.41) is 3.23. The molecule has 22 heavy (non-hydrogen) atoms. The number of rotatable bonds is 4. The molecule has 1 N–H and O–H groups in total. The Hall–Kier alpha value is -1.35. The number of carbonyl (C=O) groups is 1. The Bertz CT molecular complexity index is 479. The summed E-state index contributed by atoms with van der Waals surface area (Å²) in [6.45, 7) is 2.95. The molecule has 1 aromatic rings. The van der Waals surface area contributed by atoms with Crippen LogP contribution < -0.4 is 5.32 Å². The maximum atomic E-state index is 12.7. The molecule has 3 heteroatoms. The molecule has 1 saturated carbocycles. The van der Waals surface area contributed by atoms with Crippen molar-refractivity contribution in [2.24, 2.45) is 11.8 Å². The molecule has 1 saturated heterocycles. The van der Waals surface area contributed by atoms with Gasteiger partial charge in [0.1, 0.15) is 0 Å². The van der Waals surface area contributed by atoms with Crippen LogP contribution in [0.5, 0.6) is 0 Å². The van der Waals surface area contributed by atoms with E-state index in [1.807, 2.05) is 7.05 Å². The lowest BCUT2D eigenvalue weighted by Gasteiger charge is -2.30. The molecule has 1 unspecified atom stereocenters. The van der Waals surface area contributed by atoms with E-state index in [-0.39, 0.29) is 5.92 Å². The Balaban J connectivity index is 1.50. The SMILES string of the molecule is CNCC1CCN(C(=O)C2CCC(c3ccccc3)CC2)C1. The molecular formula is C19H28N2O. The second-order valence-corrected chi connectivity index (χ2v) is 6.96. The molecule has 1 atom stereocenters. The third-order valence-electron chi connectivity index (χ3n) is 5.44. The van der Waals surface area contributed by atoms with Gasteiger partial charge in [-0.3, -0.25) is 4.79 Å². The normalized spacial score (nSPS) is 28.8. The zero-order valence-corrected chi connectivity index (χ0v) is 13.6. The molecule has 3 nitrogen and oxygen atoms in total. The van der Waals surface area contributed by atoms with Crippen LogP contribution >= 0.6 is 0 Å². The predicted octanol–water partition coefficient (Wildman–Crippen LogP) is 3.03. The maximum Gasteiger partial charge on any atom is 0.225 e.